The van der Waals surface area contributed by atoms with E-state index in [1.165, 1.54) is 17.8 Å². The van der Waals surface area contributed by atoms with Gasteiger partial charge in [0, 0.05) is 11.8 Å². The summed E-state index contributed by atoms with van der Waals surface area (Å²) in [5.74, 6) is -1.10. The van der Waals surface area contributed by atoms with Crippen LogP contribution in [0.1, 0.15) is 12.5 Å². The number of thioether (sulfide) groups is 1. The van der Waals surface area contributed by atoms with Crippen LogP contribution in [0.5, 0.6) is 0 Å². The Labute approximate surface area is 138 Å². The van der Waals surface area contributed by atoms with Gasteiger partial charge in [-0.3, -0.25) is 4.79 Å². The third-order valence-corrected chi connectivity index (χ3v) is 4.21. The van der Waals surface area contributed by atoms with Gasteiger partial charge in [0.05, 0.1) is 10.9 Å². The van der Waals surface area contributed by atoms with Gasteiger partial charge in [-0.1, -0.05) is 42.5 Å². The summed E-state index contributed by atoms with van der Waals surface area (Å²) in [4.78, 5) is 12.0. The zero-order valence-corrected chi connectivity index (χ0v) is 13.4. The van der Waals surface area contributed by atoms with Gasteiger partial charge in [0.25, 0.3) is 0 Å². The molecule has 2 aromatic carbocycles. The van der Waals surface area contributed by atoms with Gasteiger partial charge in [0.1, 0.15) is 11.6 Å². The molecule has 0 aromatic heterocycles. The minimum Gasteiger partial charge on any atom is -0.323 e. The summed E-state index contributed by atoms with van der Waals surface area (Å²) in [7, 11) is 0. The number of benzene rings is 2. The molecular formula is C18H17F2NOS. The van der Waals surface area contributed by atoms with Crippen molar-refractivity contribution in [2.75, 3.05) is 11.1 Å². The van der Waals surface area contributed by atoms with Crippen molar-refractivity contribution in [2.24, 2.45) is 0 Å². The minimum absolute atomic E-state index is 0.0105. The maximum atomic E-state index is 13.5. The number of hydrogen-bond acceptors (Lipinski definition) is 2. The standard InChI is InChI=1S/C18H17F2NOS/c1-13(23-11-5-8-14-6-3-2-4-7-14)18(22)21-17-10-9-15(19)12-16(17)20/h2-10,12-13H,11H2,1H3,(H,21,22)/b8-5+/t13-/m0/s1. The molecule has 0 aliphatic carbocycles. The summed E-state index contributed by atoms with van der Waals surface area (Å²) >= 11 is 1.44. The molecule has 23 heavy (non-hydrogen) atoms. The SMILES string of the molecule is C[C@H](SC/C=C/c1ccccc1)C(=O)Nc1ccc(F)cc1F. The van der Waals surface area contributed by atoms with Crippen molar-refractivity contribution in [2.45, 2.75) is 12.2 Å². The molecule has 2 rings (SSSR count). The van der Waals surface area contributed by atoms with Crippen molar-refractivity contribution in [1.82, 2.24) is 0 Å². The number of amides is 1. The molecule has 0 saturated carbocycles. The van der Waals surface area contributed by atoms with Crippen LogP contribution in [0, 0.1) is 11.6 Å². The summed E-state index contributed by atoms with van der Waals surface area (Å²) in [6.07, 6.45) is 3.96. The molecular weight excluding hydrogens is 316 g/mol. The van der Waals surface area contributed by atoms with E-state index >= 15 is 0 Å². The third-order valence-electron chi connectivity index (χ3n) is 3.11. The zero-order chi connectivity index (χ0) is 16.7. The topological polar surface area (TPSA) is 29.1 Å². The molecule has 0 unspecified atom stereocenters. The van der Waals surface area contributed by atoms with E-state index in [1.807, 2.05) is 42.5 Å². The highest BCUT2D eigenvalue weighted by molar-refractivity contribution is 8.00. The van der Waals surface area contributed by atoms with Gasteiger partial charge in [0.15, 0.2) is 0 Å². The zero-order valence-electron chi connectivity index (χ0n) is 12.6. The first-order chi connectivity index (χ1) is 11.1. The highest BCUT2D eigenvalue weighted by atomic mass is 32.2. The van der Waals surface area contributed by atoms with E-state index in [0.29, 0.717) is 5.75 Å². The average molecular weight is 333 g/mol. The third kappa shape index (κ3) is 5.53. The first-order valence-electron chi connectivity index (χ1n) is 7.15. The fourth-order valence-corrected chi connectivity index (χ4v) is 2.56. The van der Waals surface area contributed by atoms with Crippen molar-refractivity contribution in [3.05, 3.63) is 71.8 Å². The Balaban J connectivity index is 1.82. The number of halogens is 2. The molecule has 0 radical (unpaired) electrons. The molecule has 0 heterocycles. The normalized spacial score (nSPS) is 12.3. The Kier molecular flexibility index (Phi) is 6.35. The molecule has 0 spiro atoms. The van der Waals surface area contributed by atoms with E-state index in [2.05, 4.69) is 5.32 Å². The molecule has 120 valence electrons. The maximum absolute atomic E-state index is 13.5. The fraction of sp³-hybridized carbons (Fsp3) is 0.167. The summed E-state index contributed by atoms with van der Waals surface area (Å²) in [5, 5.41) is 2.12. The minimum atomic E-state index is -0.778. The molecule has 0 fully saturated rings. The van der Waals surface area contributed by atoms with Crippen LogP contribution in [0.25, 0.3) is 6.08 Å². The van der Waals surface area contributed by atoms with Gasteiger partial charge >= 0.3 is 0 Å². The largest absolute Gasteiger partial charge is 0.323 e. The summed E-state index contributed by atoms with van der Waals surface area (Å²) in [6, 6.07) is 12.9. The Hall–Kier alpha value is -2.14. The smallest absolute Gasteiger partial charge is 0.237 e. The van der Waals surface area contributed by atoms with Crippen LogP contribution in [0.4, 0.5) is 14.5 Å². The molecule has 0 saturated heterocycles. The van der Waals surface area contributed by atoms with Crippen LogP contribution in [0.3, 0.4) is 0 Å². The van der Waals surface area contributed by atoms with Gasteiger partial charge in [-0.2, -0.15) is 0 Å². The predicted molar refractivity (Wildman–Crippen MR) is 92.4 cm³/mol. The molecule has 0 aliphatic rings. The van der Waals surface area contributed by atoms with Gasteiger partial charge in [-0.05, 0) is 24.6 Å². The summed E-state index contributed by atoms with van der Waals surface area (Å²) in [6.45, 7) is 1.75. The number of carbonyl (C=O) groups excluding carboxylic acids is 1. The van der Waals surface area contributed by atoms with Gasteiger partial charge in [-0.25, -0.2) is 8.78 Å². The predicted octanol–water partition coefficient (Wildman–Crippen LogP) is 4.74. The van der Waals surface area contributed by atoms with Crippen molar-refractivity contribution < 1.29 is 13.6 Å². The summed E-state index contributed by atoms with van der Waals surface area (Å²) in [5.41, 5.74) is 1.09. The second kappa shape index (κ2) is 8.48. The van der Waals surface area contributed by atoms with Crippen molar-refractivity contribution in [3.63, 3.8) is 0 Å². The van der Waals surface area contributed by atoms with Crippen LogP contribution in [-0.2, 0) is 4.79 Å². The van der Waals surface area contributed by atoms with Crippen LogP contribution >= 0.6 is 11.8 Å². The Morgan fingerprint density at radius 1 is 1.22 bits per heavy atom. The monoisotopic (exact) mass is 333 g/mol. The highest BCUT2D eigenvalue weighted by Crippen LogP contribution is 2.18. The van der Waals surface area contributed by atoms with E-state index in [-0.39, 0.29) is 16.8 Å². The second-order valence-electron chi connectivity index (χ2n) is 4.90. The van der Waals surface area contributed by atoms with Crippen molar-refractivity contribution in [1.29, 1.82) is 0 Å². The van der Waals surface area contributed by atoms with Crippen LogP contribution in [0.2, 0.25) is 0 Å². The van der Waals surface area contributed by atoms with E-state index in [4.69, 9.17) is 0 Å². The van der Waals surface area contributed by atoms with Gasteiger partial charge in [-0.15, -0.1) is 11.8 Å². The number of anilines is 1. The number of carbonyl (C=O) groups is 1. The summed E-state index contributed by atoms with van der Waals surface area (Å²) < 4.78 is 26.3. The lowest BCUT2D eigenvalue weighted by Gasteiger charge is -2.11. The lowest BCUT2D eigenvalue weighted by atomic mass is 10.2. The molecule has 5 heteroatoms. The van der Waals surface area contributed by atoms with Crippen LogP contribution < -0.4 is 5.32 Å². The first kappa shape index (κ1) is 17.2. The first-order valence-corrected chi connectivity index (χ1v) is 8.20. The van der Waals surface area contributed by atoms with E-state index in [1.54, 1.807) is 6.92 Å². The average Bonchev–Trinajstić information content (AvgIpc) is 2.55. The van der Waals surface area contributed by atoms with E-state index in [0.717, 1.165) is 17.7 Å². The molecule has 1 N–H and O–H groups in total. The maximum Gasteiger partial charge on any atom is 0.237 e. The van der Waals surface area contributed by atoms with Crippen molar-refractivity contribution in [3.8, 4) is 0 Å². The van der Waals surface area contributed by atoms with Crippen molar-refractivity contribution >= 4 is 29.4 Å². The molecule has 1 atom stereocenters. The van der Waals surface area contributed by atoms with Crippen LogP contribution in [0.15, 0.2) is 54.6 Å². The quantitative estimate of drug-likeness (QED) is 0.827. The molecule has 0 bridgehead atoms. The Morgan fingerprint density at radius 2 is 1.96 bits per heavy atom. The lowest BCUT2D eigenvalue weighted by Crippen LogP contribution is -2.23. The second-order valence-corrected chi connectivity index (χ2v) is 6.28. The molecule has 2 aromatic rings. The number of hydrogen-bond donors (Lipinski definition) is 1. The number of nitrogens with one attached hydrogen (secondary N) is 1. The fourth-order valence-electron chi connectivity index (χ4n) is 1.85. The molecule has 2 nitrogen and oxygen atoms in total. The molecule has 0 aliphatic heterocycles. The van der Waals surface area contributed by atoms with E-state index in [9.17, 15) is 13.6 Å². The lowest BCUT2D eigenvalue weighted by molar-refractivity contribution is -0.115. The van der Waals surface area contributed by atoms with Gasteiger partial charge in [0.2, 0.25) is 5.91 Å². The van der Waals surface area contributed by atoms with E-state index < -0.39 is 11.6 Å². The Morgan fingerprint density at radius 3 is 2.65 bits per heavy atom. The van der Waals surface area contributed by atoms with Gasteiger partial charge < -0.3 is 5.32 Å². The number of rotatable bonds is 6. The van der Waals surface area contributed by atoms with Crippen LogP contribution in [-0.4, -0.2) is 16.9 Å². The molecule has 1 amide bonds. The Bertz CT molecular complexity index is 689. The highest BCUT2D eigenvalue weighted by Gasteiger charge is 2.14.